The van der Waals surface area contributed by atoms with E-state index in [0.717, 1.165) is 0 Å². The van der Waals surface area contributed by atoms with Crippen LogP contribution in [0.2, 0.25) is 0 Å². The number of ether oxygens (including phenoxy) is 3. The van der Waals surface area contributed by atoms with Gasteiger partial charge in [0.1, 0.15) is 30.5 Å². The van der Waals surface area contributed by atoms with Gasteiger partial charge in [-0.15, -0.1) is 0 Å². The zero-order valence-electron chi connectivity index (χ0n) is 15.0. The minimum absolute atomic E-state index is 0.516. The smallest absolute Gasteiger partial charge is 0.397 e. The van der Waals surface area contributed by atoms with E-state index in [1.165, 1.54) is 4.72 Å². The van der Waals surface area contributed by atoms with Crippen LogP contribution in [0.4, 0.5) is 0 Å². The van der Waals surface area contributed by atoms with Crippen LogP contribution in [0.5, 0.6) is 0 Å². The predicted octanol–water partition coefficient (Wildman–Crippen LogP) is -4.92. The first-order valence-electron chi connectivity index (χ1n) is 8.11. The third-order valence-corrected chi connectivity index (χ3v) is 5.10. The number of hydrogen-bond acceptors (Lipinski definition) is 13. The molecule has 2 rings (SSSR count). The molecular formula is C12H19NO16S2. The molecule has 1 saturated heterocycles. The Morgan fingerprint density at radius 3 is 2.23 bits per heavy atom. The van der Waals surface area contributed by atoms with E-state index in [9.17, 15) is 42.1 Å². The summed E-state index contributed by atoms with van der Waals surface area (Å²) in [7, 11) is -10.2. The molecule has 0 aromatic heterocycles. The number of carbonyl (C=O) groups is 1. The number of aliphatic hydroxyl groups excluding tert-OH is 4. The van der Waals surface area contributed by atoms with Crippen molar-refractivity contribution < 1.29 is 74.7 Å². The van der Waals surface area contributed by atoms with Crippen LogP contribution in [0.3, 0.4) is 0 Å². The zero-order chi connectivity index (χ0) is 23.7. The molecule has 19 heteroatoms. The molecule has 0 amide bonds. The Kier molecular flexibility index (Phi) is 7.95. The molecule has 0 saturated carbocycles. The Hall–Kier alpha value is -1.49. The minimum Gasteiger partial charge on any atom is -0.475 e. The largest absolute Gasteiger partial charge is 0.475 e. The molecule has 1 fully saturated rings. The van der Waals surface area contributed by atoms with E-state index in [1.54, 1.807) is 0 Å². The van der Waals surface area contributed by atoms with Crippen LogP contribution in [0.15, 0.2) is 11.8 Å². The molecule has 0 aromatic carbocycles. The van der Waals surface area contributed by atoms with Crippen LogP contribution in [0.25, 0.3) is 0 Å². The average molecular weight is 497 g/mol. The lowest BCUT2D eigenvalue weighted by Gasteiger charge is -2.44. The summed E-state index contributed by atoms with van der Waals surface area (Å²) in [5.74, 6) is -2.69. The maximum absolute atomic E-state index is 11.1. The van der Waals surface area contributed by atoms with Crippen molar-refractivity contribution in [2.75, 3.05) is 6.61 Å². The molecule has 8 N–H and O–H groups in total. The number of aliphatic carboxylic acids is 1. The molecule has 0 spiro atoms. The third-order valence-electron chi connectivity index (χ3n) is 4.06. The average Bonchev–Trinajstić information content (AvgIpc) is 2.61. The molecule has 0 aromatic rings. The molecule has 0 unspecified atom stereocenters. The van der Waals surface area contributed by atoms with Gasteiger partial charge in [-0.05, 0) is 6.08 Å². The summed E-state index contributed by atoms with van der Waals surface area (Å²) in [6.45, 7) is -0.974. The summed E-state index contributed by atoms with van der Waals surface area (Å²) in [5, 5.41) is 48.6. The van der Waals surface area contributed by atoms with Gasteiger partial charge in [-0.2, -0.15) is 21.6 Å². The summed E-state index contributed by atoms with van der Waals surface area (Å²) < 4.78 is 82.5. The second kappa shape index (κ2) is 9.56. The lowest BCUT2D eigenvalue weighted by molar-refractivity contribution is -0.303. The maximum atomic E-state index is 11.1. The number of nitrogens with one attached hydrogen (secondary N) is 1. The Morgan fingerprint density at radius 1 is 1.13 bits per heavy atom. The van der Waals surface area contributed by atoms with E-state index in [-0.39, 0.29) is 0 Å². The Labute approximate surface area is 174 Å². The predicted molar refractivity (Wildman–Crippen MR) is 90.3 cm³/mol. The van der Waals surface area contributed by atoms with Crippen molar-refractivity contribution in [1.29, 1.82) is 0 Å². The lowest BCUT2D eigenvalue weighted by Crippen LogP contribution is -2.66. The van der Waals surface area contributed by atoms with Crippen LogP contribution in [-0.2, 0) is 43.9 Å². The second-order valence-corrected chi connectivity index (χ2v) is 8.49. The fourth-order valence-corrected chi connectivity index (χ4v) is 3.90. The van der Waals surface area contributed by atoms with Crippen LogP contribution in [0.1, 0.15) is 0 Å². The van der Waals surface area contributed by atoms with Crippen molar-refractivity contribution in [3.63, 3.8) is 0 Å². The van der Waals surface area contributed by atoms with Crippen molar-refractivity contribution in [2.24, 2.45) is 0 Å². The van der Waals surface area contributed by atoms with Gasteiger partial charge in [-0.25, -0.2) is 8.98 Å². The summed E-state index contributed by atoms with van der Waals surface area (Å²) in [5.41, 5.74) is 0. The van der Waals surface area contributed by atoms with Gasteiger partial charge in [0.15, 0.2) is 12.4 Å². The number of hydrogen-bond donors (Lipinski definition) is 8. The zero-order valence-corrected chi connectivity index (χ0v) is 16.7. The topological polar surface area (TPSA) is 276 Å². The van der Waals surface area contributed by atoms with E-state index in [1.807, 2.05) is 0 Å². The highest BCUT2D eigenvalue weighted by Gasteiger charge is 2.50. The number of carboxylic acids is 1. The number of carboxylic acid groups (broad SMARTS) is 1. The standard InChI is InChI=1S/C12H19NO16S2/c14-2-5-9(7(16)6(11(19)26-5)13-30(20,21)22)28-12-8(29-31(23,24)25)3(15)1-4(27-12)10(17)18/h1,3,5-9,11-16,19H,2H2,(H,17,18)(H,20,21,22)(H,23,24,25)/t3-,5+,6+,7+,8+,9+,11-,12+/m0/s1. The molecule has 180 valence electrons. The minimum atomic E-state index is -5.25. The van der Waals surface area contributed by atoms with Crippen LogP contribution >= 0.6 is 0 Å². The molecule has 2 heterocycles. The Bertz CT molecular complexity index is 902. The fraction of sp³-hybridized carbons (Fsp3) is 0.750. The van der Waals surface area contributed by atoms with E-state index in [0.29, 0.717) is 6.08 Å². The van der Waals surface area contributed by atoms with Crippen LogP contribution in [0, 0.1) is 0 Å². The van der Waals surface area contributed by atoms with Gasteiger partial charge in [-0.3, -0.25) is 9.11 Å². The highest BCUT2D eigenvalue weighted by atomic mass is 32.3. The molecule has 0 aliphatic carbocycles. The third kappa shape index (κ3) is 6.74. The molecule has 31 heavy (non-hydrogen) atoms. The molecular weight excluding hydrogens is 478 g/mol. The fourth-order valence-electron chi connectivity index (χ4n) is 2.82. The first-order valence-corrected chi connectivity index (χ1v) is 10.9. The van der Waals surface area contributed by atoms with Gasteiger partial charge in [0.25, 0.3) is 0 Å². The summed E-state index contributed by atoms with van der Waals surface area (Å²) in [6.07, 6.45) is -13.6. The van der Waals surface area contributed by atoms with E-state index >= 15 is 0 Å². The van der Waals surface area contributed by atoms with Crippen molar-refractivity contribution in [3.8, 4) is 0 Å². The molecule has 2 aliphatic heterocycles. The van der Waals surface area contributed by atoms with Gasteiger partial charge >= 0.3 is 26.7 Å². The van der Waals surface area contributed by atoms with E-state index in [4.69, 9.17) is 28.4 Å². The Morgan fingerprint density at radius 2 is 1.74 bits per heavy atom. The molecule has 0 radical (unpaired) electrons. The van der Waals surface area contributed by atoms with Crippen LogP contribution in [-0.4, -0.2) is 113 Å². The van der Waals surface area contributed by atoms with Gasteiger partial charge in [0, 0.05) is 0 Å². The van der Waals surface area contributed by atoms with Crippen molar-refractivity contribution in [2.45, 2.75) is 49.1 Å². The molecule has 2 aliphatic rings. The molecule has 17 nitrogen and oxygen atoms in total. The highest BCUT2D eigenvalue weighted by molar-refractivity contribution is 7.83. The SMILES string of the molecule is O=C(O)C1=C[C@H](O)[C@@H](OS(=O)(=O)O)[C@@H](O[C@H]2[C@H](O)[C@@H](NS(=O)(=O)O)[C@@H](O)O[C@@H]2CO)O1. The monoisotopic (exact) mass is 497 g/mol. The first-order chi connectivity index (χ1) is 14.1. The van der Waals surface area contributed by atoms with E-state index in [2.05, 4.69) is 4.18 Å². The molecule has 0 bridgehead atoms. The number of aliphatic hydroxyl groups is 4. The second-order valence-electron chi connectivity index (χ2n) is 6.26. The van der Waals surface area contributed by atoms with Gasteiger partial charge in [0.05, 0.1) is 6.61 Å². The lowest BCUT2D eigenvalue weighted by atomic mass is 9.97. The normalized spacial score (nSPS) is 37.0. The Balaban J connectivity index is 2.36. The van der Waals surface area contributed by atoms with Crippen molar-refractivity contribution >= 4 is 26.7 Å². The van der Waals surface area contributed by atoms with E-state index < -0.39 is 88.2 Å². The van der Waals surface area contributed by atoms with Crippen LogP contribution < -0.4 is 4.72 Å². The quantitative estimate of drug-likeness (QED) is 0.146. The number of rotatable bonds is 8. The van der Waals surface area contributed by atoms with Gasteiger partial charge in [-0.1, -0.05) is 0 Å². The van der Waals surface area contributed by atoms with Crippen molar-refractivity contribution in [3.05, 3.63) is 11.8 Å². The molecule has 8 atom stereocenters. The summed E-state index contributed by atoms with van der Waals surface area (Å²) in [6, 6.07) is -1.98. The summed E-state index contributed by atoms with van der Waals surface area (Å²) in [4.78, 5) is 11.1. The summed E-state index contributed by atoms with van der Waals surface area (Å²) >= 11 is 0. The van der Waals surface area contributed by atoms with Crippen molar-refractivity contribution in [1.82, 2.24) is 4.72 Å². The maximum Gasteiger partial charge on any atom is 0.397 e. The first kappa shape index (κ1) is 25.8. The highest BCUT2D eigenvalue weighted by Crippen LogP contribution is 2.29. The van der Waals surface area contributed by atoms with Gasteiger partial charge in [0.2, 0.25) is 12.0 Å². The van der Waals surface area contributed by atoms with Gasteiger partial charge < -0.3 is 39.7 Å².